The van der Waals surface area contributed by atoms with Gasteiger partial charge in [0, 0.05) is 6.54 Å². The van der Waals surface area contributed by atoms with Crippen molar-refractivity contribution in [1.29, 1.82) is 0 Å². The zero-order chi connectivity index (χ0) is 8.97. The van der Waals surface area contributed by atoms with Gasteiger partial charge in [0.15, 0.2) is 0 Å². The molecule has 1 aliphatic rings. The van der Waals surface area contributed by atoms with Crippen molar-refractivity contribution < 1.29 is 14.3 Å². The van der Waals surface area contributed by atoms with Crippen LogP contribution < -0.4 is 0 Å². The second kappa shape index (κ2) is 4.21. The second-order valence-electron chi connectivity index (χ2n) is 2.93. The molecule has 1 amide bonds. The van der Waals surface area contributed by atoms with Gasteiger partial charge in [-0.2, -0.15) is 0 Å². The third kappa shape index (κ3) is 2.62. The largest absolute Gasteiger partial charge is 0.361 e. The molecule has 0 aromatic carbocycles. The molecule has 0 bridgehead atoms. The van der Waals surface area contributed by atoms with Gasteiger partial charge in [-0.25, -0.2) is 0 Å². The van der Waals surface area contributed by atoms with Crippen LogP contribution >= 0.6 is 0 Å². The van der Waals surface area contributed by atoms with Crippen LogP contribution in [0.25, 0.3) is 0 Å². The summed E-state index contributed by atoms with van der Waals surface area (Å²) >= 11 is 0. The summed E-state index contributed by atoms with van der Waals surface area (Å²) in [7, 11) is 0. The van der Waals surface area contributed by atoms with Crippen LogP contribution in [-0.4, -0.2) is 36.5 Å². The van der Waals surface area contributed by atoms with Crippen LogP contribution in [0.2, 0.25) is 0 Å². The minimum atomic E-state index is -0.123. The van der Waals surface area contributed by atoms with Crippen molar-refractivity contribution in [2.45, 2.75) is 19.8 Å². The van der Waals surface area contributed by atoms with Crippen molar-refractivity contribution >= 4 is 11.7 Å². The Morgan fingerprint density at radius 2 is 2.25 bits per heavy atom. The van der Waals surface area contributed by atoms with Crippen LogP contribution in [0, 0.1) is 0 Å². The van der Waals surface area contributed by atoms with E-state index in [9.17, 15) is 9.59 Å². The molecule has 4 nitrogen and oxygen atoms in total. The number of amides is 1. The molecule has 0 radical (unpaired) electrons. The lowest BCUT2D eigenvalue weighted by atomic mass is 10.2. The van der Waals surface area contributed by atoms with E-state index in [-0.39, 0.29) is 18.1 Å². The highest BCUT2D eigenvalue weighted by Gasteiger charge is 2.17. The fourth-order valence-corrected chi connectivity index (χ4v) is 1.12. The summed E-state index contributed by atoms with van der Waals surface area (Å²) in [5, 5.41) is 0. The van der Waals surface area contributed by atoms with Crippen molar-refractivity contribution in [3.05, 3.63) is 0 Å². The third-order valence-electron chi connectivity index (χ3n) is 1.72. The Balaban J connectivity index is 2.34. The molecule has 68 valence electrons. The number of Topliss-reactive ketones (excluding diaryl/α,β-unsaturated/α-hetero) is 1. The van der Waals surface area contributed by atoms with E-state index in [0.29, 0.717) is 19.9 Å². The van der Waals surface area contributed by atoms with Crippen molar-refractivity contribution in [2.24, 2.45) is 0 Å². The number of hydrogen-bond acceptors (Lipinski definition) is 3. The standard InChI is InChI=1S/C8H13NO3/c1-7(10)5-8(11)9-3-2-4-12-6-9/h2-6H2,1H3. The van der Waals surface area contributed by atoms with Crippen LogP contribution in [0.5, 0.6) is 0 Å². The maximum Gasteiger partial charge on any atom is 0.231 e. The Kier molecular flexibility index (Phi) is 3.22. The average molecular weight is 171 g/mol. The molecule has 0 aromatic rings. The molecule has 12 heavy (non-hydrogen) atoms. The maximum absolute atomic E-state index is 11.2. The van der Waals surface area contributed by atoms with E-state index < -0.39 is 0 Å². The van der Waals surface area contributed by atoms with Crippen LogP contribution in [0.1, 0.15) is 19.8 Å². The second-order valence-corrected chi connectivity index (χ2v) is 2.93. The van der Waals surface area contributed by atoms with Crippen LogP contribution in [0.4, 0.5) is 0 Å². The molecular formula is C8H13NO3. The summed E-state index contributed by atoms with van der Waals surface area (Å²) in [6, 6.07) is 0. The lowest BCUT2D eigenvalue weighted by Crippen LogP contribution is -2.38. The Hall–Kier alpha value is -0.900. The van der Waals surface area contributed by atoms with Gasteiger partial charge < -0.3 is 9.64 Å². The molecule has 1 rings (SSSR count). The van der Waals surface area contributed by atoms with Gasteiger partial charge in [0.1, 0.15) is 12.5 Å². The summed E-state index contributed by atoms with van der Waals surface area (Å²) in [6.07, 6.45) is 0.868. The number of ether oxygens (including phenoxy) is 1. The van der Waals surface area contributed by atoms with Crippen molar-refractivity contribution in [2.75, 3.05) is 19.9 Å². The van der Waals surface area contributed by atoms with Crippen molar-refractivity contribution in [3.8, 4) is 0 Å². The lowest BCUT2D eigenvalue weighted by Gasteiger charge is -2.26. The Bertz CT molecular complexity index is 185. The first-order chi connectivity index (χ1) is 5.70. The first-order valence-electron chi connectivity index (χ1n) is 4.05. The summed E-state index contributed by atoms with van der Waals surface area (Å²) in [6.45, 7) is 3.19. The Morgan fingerprint density at radius 1 is 1.50 bits per heavy atom. The van der Waals surface area contributed by atoms with Crippen molar-refractivity contribution in [1.82, 2.24) is 4.90 Å². The molecule has 1 fully saturated rings. The van der Waals surface area contributed by atoms with E-state index in [1.165, 1.54) is 6.92 Å². The van der Waals surface area contributed by atoms with Gasteiger partial charge in [-0.1, -0.05) is 0 Å². The summed E-state index contributed by atoms with van der Waals surface area (Å²) < 4.78 is 5.08. The van der Waals surface area contributed by atoms with E-state index in [1.807, 2.05) is 0 Å². The van der Waals surface area contributed by atoms with E-state index >= 15 is 0 Å². The molecular weight excluding hydrogens is 158 g/mol. The van der Waals surface area contributed by atoms with E-state index in [2.05, 4.69) is 0 Å². The molecule has 4 heteroatoms. The molecule has 1 heterocycles. The summed E-state index contributed by atoms with van der Waals surface area (Å²) in [5.74, 6) is -0.215. The highest BCUT2D eigenvalue weighted by molar-refractivity contribution is 5.96. The number of carbonyl (C=O) groups excluding carboxylic acids is 2. The summed E-state index contributed by atoms with van der Waals surface area (Å²) in [5.41, 5.74) is 0. The smallest absolute Gasteiger partial charge is 0.231 e. The molecule has 0 unspecified atom stereocenters. The average Bonchev–Trinajstić information content (AvgIpc) is 2.05. The summed E-state index contributed by atoms with van der Waals surface area (Å²) in [4.78, 5) is 23.4. The molecule has 0 aromatic heterocycles. The predicted octanol–water partition coefficient (Wildman–Crippen LogP) is 0.172. The maximum atomic E-state index is 11.2. The SMILES string of the molecule is CC(=O)CC(=O)N1CCCOC1. The molecule has 0 atom stereocenters. The first-order valence-corrected chi connectivity index (χ1v) is 4.05. The minimum Gasteiger partial charge on any atom is -0.361 e. The van der Waals surface area contributed by atoms with Gasteiger partial charge >= 0.3 is 0 Å². The fourth-order valence-electron chi connectivity index (χ4n) is 1.12. The Labute approximate surface area is 71.5 Å². The number of hydrogen-bond donors (Lipinski definition) is 0. The molecule has 0 saturated carbocycles. The highest BCUT2D eigenvalue weighted by atomic mass is 16.5. The molecule has 1 saturated heterocycles. The lowest BCUT2D eigenvalue weighted by molar-refractivity contribution is -0.142. The van der Waals surface area contributed by atoms with Crippen LogP contribution in [-0.2, 0) is 14.3 Å². The highest BCUT2D eigenvalue weighted by Crippen LogP contribution is 2.03. The normalized spacial score (nSPS) is 17.6. The zero-order valence-corrected chi connectivity index (χ0v) is 7.21. The molecule has 0 N–H and O–H groups in total. The van der Waals surface area contributed by atoms with Gasteiger partial charge in [0.05, 0.1) is 13.0 Å². The number of ketones is 1. The topological polar surface area (TPSA) is 46.6 Å². The monoisotopic (exact) mass is 171 g/mol. The van der Waals surface area contributed by atoms with Gasteiger partial charge in [0.25, 0.3) is 0 Å². The van der Waals surface area contributed by atoms with Crippen LogP contribution in [0.3, 0.4) is 0 Å². The molecule has 1 aliphatic heterocycles. The Morgan fingerprint density at radius 3 is 2.75 bits per heavy atom. The fraction of sp³-hybridized carbons (Fsp3) is 0.750. The number of nitrogens with zero attached hydrogens (tertiary/aromatic N) is 1. The van der Waals surface area contributed by atoms with Gasteiger partial charge in [0.2, 0.25) is 5.91 Å². The predicted molar refractivity (Wildman–Crippen MR) is 42.4 cm³/mol. The van der Waals surface area contributed by atoms with E-state index in [0.717, 1.165) is 6.42 Å². The van der Waals surface area contributed by atoms with Gasteiger partial charge in [-0.15, -0.1) is 0 Å². The van der Waals surface area contributed by atoms with Gasteiger partial charge in [-0.05, 0) is 13.3 Å². The number of carbonyl (C=O) groups is 2. The quantitative estimate of drug-likeness (QED) is 0.556. The van der Waals surface area contributed by atoms with E-state index in [4.69, 9.17) is 4.74 Å². The number of rotatable bonds is 2. The van der Waals surface area contributed by atoms with Crippen LogP contribution in [0.15, 0.2) is 0 Å². The van der Waals surface area contributed by atoms with E-state index in [1.54, 1.807) is 4.90 Å². The first kappa shape index (κ1) is 9.19. The minimum absolute atomic E-state index is 0.00333. The zero-order valence-electron chi connectivity index (χ0n) is 7.21. The molecule has 0 aliphatic carbocycles. The van der Waals surface area contributed by atoms with Crippen molar-refractivity contribution in [3.63, 3.8) is 0 Å². The third-order valence-corrected chi connectivity index (χ3v) is 1.72. The molecule has 0 spiro atoms. The van der Waals surface area contributed by atoms with Gasteiger partial charge in [-0.3, -0.25) is 9.59 Å².